The number of Topliss-reactive ketones (excluding diaryl/α,β-unsaturated/α-hetero) is 1. The Bertz CT molecular complexity index is 667. The molecule has 1 heterocycles. The van der Waals surface area contributed by atoms with Crippen LogP contribution in [0.4, 0.5) is 0 Å². The Balaban J connectivity index is 1.92. The zero-order valence-corrected chi connectivity index (χ0v) is 12.1. The Kier molecular flexibility index (Phi) is 3.60. The van der Waals surface area contributed by atoms with Crippen LogP contribution in [0, 0.1) is 5.92 Å². The molecule has 2 aromatic rings. The number of ketones is 1. The maximum absolute atomic E-state index is 12.7. The van der Waals surface area contributed by atoms with Gasteiger partial charge in [-0.05, 0) is 42.2 Å². The van der Waals surface area contributed by atoms with Crippen molar-refractivity contribution in [3.63, 3.8) is 0 Å². The standard InChI is InChI=1S/C17H17NO3/c1-20-14-4-3-12-10-13(9-11-5-7-18-8-6-11)16(19)15(12)17(14)21-2/h3-8,13H,9-10H2,1-2H3. The van der Waals surface area contributed by atoms with E-state index >= 15 is 0 Å². The van der Waals surface area contributed by atoms with Crippen molar-refractivity contribution in [3.8, 4) is 11.5 Å². The number of benzene rings is 1. The molecule has 0 saturated heterocycles. The highest BCUT2D eigenvalue weighted by atomic mass is 16.5. The fourth-order valence-corrected chi connectivity index (χ4v) is 2.94. The Morgan fingerprint density at radius 1 is 1.14 bits per heavy atom. The van der Waals surface area contributed by atoms with Gasteiger partial charge >= 0.3 is 0 Å². The maximum atomic E-state index is 12.7. The Labute approximate surface area is 123 Å². The van der Waals surface area contributed by atoms with E-state index in [1.807, 2.05) is 24.3 Å². The summed E-state index contributed by atoms with van der Waals surface area (Å²) >= 11 is 0. The first-order valence-electron chi connectivity index (χ1n) is 6.91. The average molecular weight is 283 g/mol. The molecular formula is C17H17NO3. The number of carbonyl (C=O) groups excluding carboxylic acids is 1. The van der Waals surface area contributed by atoms with Gasteiger partial charge in [0.05, 0.1) is 19.8 Å². The summed E-state index contributed by atoms with van der Waals surface area (Å²) in [6, 6.07) is 7.73. The second kappa shape index (κ2) is 5.56. The number of rotatable bonds is 4. The first-order chi connectivity index (χ1) is 10.2. The highest BCUT2D eigenvalue weighted by Crippen LogP contribution is 2.40. The van der Waals surface area contributed by atoms with Crippen molar-refractivity contribution in [2.24, 2.45) is 5.92 Å². The molecule has 4 heteroatoms. The van der Waals surface area contributed by atoms with Gasteiger partial charge in [0, 0.05) is 18.3 Å². The molecule has 1 aromatic heterocycles. The average Bonchev–Trinajstić information content (AvgIpc) is 2.84. The molecule has 0 radical (unpaired) electrons. The number of ether oxygens (including phenoxy) is 2. The molecule has 1 unspecified atom stereocenters. The van der Waals surface area contributed by atoms with E-state index in [0.29, 0.717) is 17.1 Å². The minimum atomic E-state index is -0.0385. The molecule has 0 fully saturated rings. The number of fused-ring (bicyclic) bond motifs is 1. The van der Waals surface area contributed by atoms with Crippen LogP contribution in [0.25, 0.3) is 0 Å². The van der Waals surface area contributed by atoms with Gasteiger partial charge in [0.1, 0.15) is 0 Å². The molecule has 0 aliphatic heterocycles. The lowest BCUT2D eigenvalue weighted by Gasteiger charge is -2.11. The molecule has 0 bridgehead atoms. The lowest BCUT2D eigenvalue weighted by atomic mass is 9.96. The van der Waals surface area contributed by atoms with Gasteiger partial charge in [0.25, 0.3) is 0 Å². The predicted molar refractivity (Wildman–Crippen MR) is 79.0 cm³/mol. The summed E-state index contributed by atoms with van der Waals surface area (Å²) in [5.74, 6) is 1.26. The number of aromatic nitrogens is 1. The van der Waals surface area contributed by atoms with Gasteiger partial charge in [-0.15, -0.1) is 0 Å². The van der Waals surface area contributed by atoms with E-state index in [2.05, 4.69) is 4.98 Å². The van der Waals surface area contributed by atoms with Gasteiger partial charge < -0.3 is 9.47 Å². The quantitative estimate of drug-likeness (QED) is 0.865. The third-order valence-electron chi connectivity index (χ3n) is 3.95. The van der Waals surface area contributed by atoms with E-state index in [9.17, 15) is 4.79 Å². The van der Waals surface area contributed by atoms with Crippen LogP contribution < -0.4 is 9.47 Å². The topological polar surface area (TPSA) is 48.4 Å². The summed E-state index contributed by atoms with van der Waals surface area (Å²) in [7, 11) is 3.15. The van der Waals surface area contributed by atoms with E-state index in [1.54, 1.807) is 26.6 Å². The van der Waals surface area contributed by atoms with Crippen molar-refractivity contribution in [2.45, 2.75) is 12.8 Å². The van der Waals surface area contributed by atoms with Gasteiger partial charge in [-0.3, -0.25) is 9.78 Å². The fourth-order valence-electron chi connectivity index (χ4n) is 2.94. The van der Waals surface area contributed by atoms with Crippen molar-refractivity contribution in [1.82, 2.24) is 4.98 Å². The zero-order chi connectivity index (χ0) is 14.8. The van der Waals surface area contributed by atoms with E-state index in [4.69, 9.17) is 9.47 Å². The second-order valence-corrected chi connectivity index (χ2v) is 5.16. The summed E-state index contributed by atoms with van der Waals surface area (Å²) in [4.78, 5) is 16.7. The molecule has 3 rings (SSSR count). The normalized spacial score (nSPS) is 16.7. The number of pyridine rings is 1. The maximum Gasteiger partial charge on any atom is 0.171 e. The Hall–Kier alpha value is -2.36. The van der Waals surface area contributed by atoms with Crippen molar-refractivity contribution < 1.29 is 14.3 Å². The molecule has 0 saturated carbocycles. The van der Waals surface area contributed by atoms with Crippen LogP contribution in [0.3, 0.4) is 0 Å². The molecule has 0 N–H and O–H groups in total. The predicted octanol–water partition coefficient (Wildman–Crippen LogP) is 2.70. The number of hydrogen-bond donors (Lipinski definition) is 0. The van der Waals surface area contributed by atoms with Gasteiger partial charge in [-0.25, -0.2) is 0 Å². The van der Waals surface area contributed by atoms with Crippen LogP contribution in [0.2, 0.25) is 0 Å². The summed E-state index contributed by atoms with van der Waals surface area (Å²) in [5, 5.41) is 0. The first-order valence-corrected chi connectivity index (χ1v) is 6.91. The lowest BCUT2D eigenvalue weighted by molar-refractivity contribution is 0.0933. The molecule has 1 aliphatic carbocycles. The molecule has 4 nitrogen and oxygen atoms in total. The zero-order valence-electron chi connectivity index (χ0n) is 12.1. The van der Waals surface area contributed by atoms with Gasteiger partial charge in [-0.1, -0.05) is 6.07 Å². The minimum absolute atomic E-state index is 0.0385. The number of carbonyl (C=O) groups is 1. The third-order valence-corrected chi connectivity index (χ3v) is 3.95. The lowest BCUT2D eigenvalue weighted by Crippen LogP contribution is -2.12. The monoisotopic (exact) mass is 283 g/mol. The molecule has 1 aliphatic rings. The highest BCUT2D eigenvalue weighted by Gasteiger charge is 2.34. The summed E-state index contributed by atoms with van der Waals surface area (Å²) in [6.45, 7) is 0. The molecule has 108 valence electrons. The molecular weight excluding hydrogens is 266 g/mol. The molecule has 1 atom stereocenters. The van der Waals surface area contributed by atoms with E-state index in [0.717, 1.165) is 24.0 Å². The summed E-state index contributed by atoms with van der Waals surface area (Å²) in [5.41, 5.74) is 2.84. The Morgan fingerprint density at radius 3 is 2.57 bits per heavy atom. The Morgan fingerprint density at radius 2 is 1.90 bits per heavy atom. The van der Waals surface area contributed by atoms with Crippen molar-refractivity contribution in [2.75, 3.05) is 14.2 Å². The summed E-state index contributed by atoms with van der Waals surface area (Å²) in [6.07, 6.45) is 4.98. The smallest absolute Gasteiger partial charge is 0.171 e. The number of methoxy groups -OCH3 is 2. The molecule has 0 amide bonds. The van der Waals surface area contributed by atoms with Crippen molar-refractivity contribution in [3.05, 3.63) is 53.3 Å². The number of hydrogen-bond acceptors (Lipinski definition) is 4. The van der Waals surface area contributed by atoms with Crippen LogP contribution in [0.5, 0.6) is 11.5 Å². The SMILES string of the molecule is COc1ccc2c(c1OC)C(=O)C(Cc1ccncc1)C2. The van der Waals surface area contributed by atoms with E-state index in [-0.39, 0.29) is 11.7 Å². The second-order valence-electron chi connectivity index (χ2n) is 5.16. The van der Waals surface area contributed by atoms with Crippen molar-refractivity contribution >= 4 is 5.78 Å². The van der Waals surface area contributed by atoms with E-state index in [1.165, 1.54) is 0 Å². The van der Waals surface area contributed by atoms with Crippen LogP contribution in [-0.4, -0.2) is 25.0 Å². The van der Waals surface area contributed by atoms with Crippen LogP contribution in [-0.2, 0) is 12.8 Å². The van der Waals surface area contributed by atoms with Gasteiger partial charge in [0.2, 0.25) is 0 Å². The van der Waals surface area contributed by atoms with Crippen LogP contribution >= 0.6 is 0 Å². The summed E-state index contributed by atoms with van der Waals surface area (Å²) < 4.78 is 10.7. The third kappa shape index (κ3) is 2.37. The van der Waals surface area contributed by atoms with Gasteiger partial charge in [-0.2, -0.15) is 0 Å². The van der Waals surface area contributed by atoms with Gasteiger partial charge in [0.15, 0.2) is 17.3 Å². The molecule has 1 aromatic carbocycles. The van der Waals surface area contributed by atoms with Crippen molar-refractivity contribution in [1.29, 1.82) is 0 Å². The first kappa shape index (κ1) is 13.6. The minimum Gasteiger partial charge on any atom is -0.493 e. The van der Waals surface area contributed by atoms with E-state index < -0.39 is 0 Å². The molecule has 0 spiro atoms. The fraction of sp³-hybridized carbons (Fsp3) is 0.294. The largest absolute Gasteiger partial charge is 0.493 e. The van der Waals surface area contributed by atoms with Crippen LogP contribution in [0.1, 0.15) is 21.5 Å². The molecule has 21 heavy (non-hydrogen) atoms. The highest BCUT2D eigenvalue weighted by molar-refractivity contribution is 6.05. The number of nitrogens with zero attached hydrogens (tertiary/aromatic N) is 1. The van der Waals surface area contributed by atoms with Crippen LogP contribution in [0.15, 0.2) is 36.7 Å².